The molecule has 0 saturated heterocycles. The smallest absolute Gasteiger partial charge is 0.137 e. The molecule has 0 radical (unpaired) electrons. The van der Waals surface area contributed by atoms with E-state index in [0.29, 0.717) is 23.3 Å². The molecule has 1 aliphatic rings. The van der Waals surface area contributed by atoms with Crippen molar-refractivity contribution in [2.24, 2.45) is 17.8 Å². The summed E-state index contributed by atoms with van der Waals surface area (Å²) in [6, 6.07) is 9.77. The van der Waals surface area contributed by atoms with E-state index in [9.17, 15) is 0 Å². The van der Waals surface area contributed by atoms with Crippen LogP contribution in [0.4, 0.5) is 0 Å². The highest BCUT2D eigenvalue weighted by molar-refractivity contribution is 5.42. The van der Waals surface area contributed by atoms with Gasteiger partial charge in [0.15, 0.2) is 0 Å². The number of ether oxygens (including phenoxy) is 1. The minimum atomic E-state index is 0.248. The van der Waals surface area contributed by atoms with Crippen LogP contribution < -0.4 is 4.74 Å². The molecule has 0 heterocycles. The molecule has 0 bridgehead atoms. The van der Waals surface area contributed by atoms with Gasteiger partial charge in [0.05, 0.1) is 5.56 Å². The van der Waals surface area contributed by atoms with Gasteiger partial charge in [0.25, 0.3) is 0 Å². The standard InChI is InChI=1S/C17H23NO/c1-12(2)15-9-8-13(3)10-17(15)19-16-7-5-4-6-14(16)11-18/h4-7,12-13,15,17H,8-10H2,1-3H3. The van der Waals surface area contributed by atoms with Gasteiger partial charge < -0.3 is 4.74 Å². The predicted octanol–water partition coefficient (Wildman–Crippen LogP) is 4.40. The van der Waals surface area contributed by atoms with Crippen LogP contribution in [-0.4, -0.2) is 6.10 Å². The number of hydrogen-bond acceptors (Lipinski definition) is 2. The van der Waals surface area contributed by atoms with Gasteiger partial charge in [0.1, 0.15) is 17.9 Å². The average molecular weight is 257 g/mol. The van der Waals surface area contributed by atoms with Crippen LogP contribution in [0, 0.1) is 29.1 Å². The fourth-order valence-electron chi connectivity index (χ4n) is 3.08. The summed E-state index contributed by atoms with van der Waals surface area (Å²) >= 11 is 0. The first kappa shape index (κ1) is 13.9. The second kappa shape index (κ2) is 6.10. The van der Waals surface area contributed by atoms with Crippen molar-refractivity contribution in [2.75, 3.05) is 0 Å². The van der Waals surface area contributed by atoms with Crippen molar-refractivity contribution in [3.05, 3.63) is 29.8 Å². The number of benzene rings is 1. The molecule has 0 aliphatic heterocycles. The number of nitriles is 1. The third kappa shape index (κ3) is 3.29. The van der Waals surface area contributed by atoms with Crippen molar-refractivity contribution >= 4 is 0 Å². The van der Waals surface area contributed by atoms with E-state index >= 15 is 0 Å². The molecular weight excluding hydrogens is 234 g/mol. The Morgan fingerprint density at radius 1 is 1.26 bits per heavy atom. The van der Waals surface area contributed by atoms with Gasteiger partial charge >= 0.3 is 0 Å². The van der Waals surface area contributed by atoms with Gasteiger partial charge in [-0.15, -0.1) is 0 Å². The average Bonchev–Trinajstić information content (AvgIpc) is 2.39. The first-order valence-electron chi connectivity index (χ1n) is 7.27. The molecule has 0 spiro atoms. The van der Waals surface area contributed by atoms with Crippen LogP contribution in [0.25, 0.3) is 0 Å². The van der Waals surface area contributed by atoms with Crippen LogP contribution in [0.15, 0.2) is 24.3 Å². The Morgan fingerprint density at radius 3 is 2.68 bits per heavy atom. The summed E-state index contributed by atoms with van der Waals surface area (Å²) in [5.41, 5.74) is 0.642. The summed E-state index contributed by atoms with van der Waals surface area (Å²) in [5, 5.41) is 9.14. The quantitative estimate of drug-likeness (QED) is 0.804. The van der Waals surface area contributed by atoms with Gasteiger partial charge in [0, 0.05) is 0 Å². The first-order valence-corrected chi connectivity index (χ1v) is 7.27. The third-order valence-corrected chi connectivity index (χ3v) is 4.25. The molecular formula is C17H23NO. The monoisotopic (exact) mass is 257 g/mol. The van der Waals surface area contributed by atoms with E-state index in [4.69, 9.17) is 10.00 Å². The molecule has 1 aliphatic carbocycles. The first-order chi connectivity index (χ1) is 9.11. The van der Waals surface area contributed by atoms with E-state index in [2.05, 4.69) is 26.8 Å². The van der Waals surface area contributed by atoms with Crippen LogP contribution in [0.5, 0.6) is 5.75 Å². The lowest BCUT2D eigenvalue weighted by Crippen LogP contribution is -2.36. The second-order valence-electron chi connectivity index (χ2n) is 6.09. The molecule has 1 fully saturated rings. The zero-order chi connectivity index (χ0) is 13.8. The highest BCUT2D eigenvalue weighted by Crippen LogP contribution is 2.36. The summed E-state index contributed by atoms with van der Waals surface area (Å²) in [5.74, 6) is 2.69. The Labute approximate surface area is 116 Å². The largest absolute Gasteiger partial charge is 0.489 e. The van der Waals surface area contributed by atoms with Crippen LogP contribution in [0.1, 0.15) is 45.6 Å². The van der Waals surface area contributed by atoms with Gasteiger partial charge in [-0.2, -0.15) is 5.26 Å². The van der Waals surface area contributed by atoms with E-state index in [-0.39, 0.29) is 6.10 Å². The maximum Gasteiger partial charge on any atom is 0.137 e. The van der Waals surface area contributed by atoms with E-state index in [1.165, 1.54) is 12.8 Å². The Balaban J connectivity index is 2.17. The number of hydrogen-bond donors (Lipinski definition) is 0. The normalized spacial score (nSPS) is 27.0. The Hall–Kier alpha value is -1.49. The van der Waals surface area contributed by atoms with Crippen molar-refractivity contribution in [1.82, 2.24) is 0 Å². The molecule has 0 amide bonds. The van der Waals surface area contributed by atoms with E-state index in [1.807, 2.05) is 24.3 Å². The van der Waals surface area contributed by atoms with Crippen LogP contribution in [0.2, 0.25) is 0 Å². The summed E-state index contributed by atoms with van der Waals surface area (Å²) in [4.78, 5) is 0. The summed E-state index contributed by atoms with van der Waals surface area (Å²) in [6.07, 6.45) is 3.88. The molecule has 3 unspecified atom stereocenters. The lowest BCUT2D eigenvalue weighted by Gasteiger charge is -2.37. The Kier molecular flexibility index (Phi) is 4.47. The molecule has 102 valence electrons. The van der Waals surface area contributed by atoms with Gasteiger partial charge in [-0.25, -0.2) is 0 Å². The number of nitrogens with zero attached hydrogens (tertiary/aromatic N) is 1. The lowest BCUT2D eigenvalue weighted by atomic mass is 9.75. The Bertz CT molecular complexity index is 461. The highest BCUT2D eigenvalue weighted by Gasteiger charge is 2.32. The van der Waals surface area contributed by atoms with Gasteiger partial charge in [-0.1, -0.05) is 39.3 Å². The van der Waals surface area contributed by atoms with Gasteiger partial charge in [-0.05, 0) is 42.7 Å². The lowest BCUT2D eigenvalue weighted by molar-refractivity contribution is 0.0458. The van der Waals surface area contributed by atoms with Crippen molar-refractivity contribution < 1.29 is 4.74 Å². The molecule has 19 heavy (non-hydrogen) atoms. The van der Waals surface area contributed by atoms with E-state index < -0.39 is 0 Å². The van der Waals surface area contributed by atoms with Gasteiger partial charge in [-0.3, -0.25) is 0 Å². The summed E-state index contributed by atoms with van der Waals surface area (Å²) in [6.45, 7) is 6.84. The molecule has 3 atom stereocenters. The van der Waals surface area contributed by atoms with Crippen LogP contribution in [0.3, 0.4) is 0 Å². The molecule has 2 rings (SSSR count). The maximum atomic E-state index is 9.14. The van der Waals surface area contributed by atoms with Crippen LogP contribution in [-0.2, 0) is 0 Å². The molecule has 1 saturated carbocycles. The van der Waals surface area contributed by atoms with Gasteiger partial charge in [0.2, 0.25) is 0 Å². The van der Waals surface area contributed by atoms with Crippen molar-refractivity contribution in [1.29, 1.82) is 5.26 Å². The zero-order valence-electron chi connectivity index (χ0n) is 12.1. The van der Waals surface area contributed by atoms with E-state index in [1.54, 1.807) is 0 Å². The fourth-order valence-corrected chi connectivity index (χ4v) is 3.08. The zero-order valence-corrected chi connectivity index (χ0v) is 12.1. The molecule has 1 aromatic rings. The maximum absolute atomic E-state index is 9.14. The van der Waals surface area contributed by atoms with Crippen molar-refractivity contribution in [3.63, 3.8) is 0 Å². The molecule has 2 nitrogen and oxygen atoms in total. The molecule has 1 aromatic carbocycles. The number of para-hydroxylation sites is 1. The van der Waals surface area contributed by atoms with Crippen LogP contribution >= 0.6 is 0 Å². The SMILES string of the molecule is CC1CCC(C(C)C)C(Oc2ccccc2C#N)C1. The summed E-state index contributed by atoms with van der Waals surface area (Å²) < 4.78 is 6.20. The molecule has 0 aromatic heterocycles. The Morgan fingerprint density at radius 2 is 2.00 bits per heavy atom. The second-order valence-corrected chi connectivity index (χ2v) is 6.09. The summed E-state index contributed by atoms with van der Waals surface area (Å²) in [7, 11) is 0. The fraction of sp³-hybridized carbons (Fsp3) is 0.588. The third-order valence-electron chi connectivity index (χ3n) is 4.25. The van der Waals surface area contributed by atoms with E-state index in [0.717, 1.165) is 12.2 Å². The molecule has 2 heteroatoms. The predicted molar refractivity (Wildman–Crippen MR) is 76.9 cm³/mol. The minimum absolute atomic E-state index is 0.248. The van der Waals surface area contributed by atoms with Crippen molar-refractivity contribution in [2.45, 2.75) is 46.1 Å². The topological polar surface area (TPSA) is 33.0 Å². The molecule has 0 N–H and O–H groups in total. The number of rotatable bonds is 3. The van der Waals surface area contributed by atoms with Crippen molar-refractivity contribution in [3.8, 4) is 11.8 Å². The minimum Gasteiger partial charge on any atom is -0.489 e. The highest BCUT2D eigenvalue weighted by atomic mass is 16.5.